The van der Waals surface area contributed by atoms with E-state index in [0.717, 1.165) is 0 Å². The molecule has 0 atom stereocenters. The van der Waals surface area contributed by atoms with Gasteiger partial charge in [0.15, 0.2) is 0 Å². The molecule has 0 aromatic heterocycles. The number of carboxylic acid groups (broad SMARTS) is 1. The number of hydrogen-bond donors (Lipinski definition) is 3. The minimum atomic E-state index is -0.793. The Bertz CT molecular complexity index is 97.1. The number of thiol groups is 2. The number of hydrogen-bond acceptors (Lipinski definition) is 3. The zero-order valence-electron chi connectivity index (χ0n) is 8.24. The van der Waals surface area contributed by atoms with Gasteiger partial charge in [0.25, 0.3) is 0 Å². The largest absolute Gasteiger partial charge is 1.00 e. The van der Waals surface area contributed by atoms with E-state index in [2.05, 4.69) is 25.3 Å². The van der Waals surface area contributed by atoms with Gasteiger partial charge >= 0.3 is 65.1 Å². The summed E-state index contributed by atoms with van der Waals surface area (Å²) in [5.41, 5.74) is 0. The van der Waals surface area contributed by atoms with Crippen LogP contribution >= 0.6 is 25.3 Å². The van der Waals surface area contributed by atoms with Crippen LogP contribution in [0, 0.1) is 0 Å². The molecule has 0 saturated carbocycles. The van der Waals surface area contributed by atoms with Crippen LogP contribution in [0.3, 0.4) is 0 Å². The van der Waals surface area contributed by atoms with Gasteiger partial charge in [0.05, 0.1) is 0 Å². The van der Waals surface area contributed by atoms with E-state index in [1.54, 1.807) is 0 Å². The van der Waals surface area contributed by atoms with Crippen LogP contribution in [0.4, 0.5) is 0 Å². The van der Waals surface area contributed by atoms with Crippen molar-refractivity contribution in [2.75, 3.05) is 0 Å². The second-order valence-corrected chi connectivity index (χ2v) is 3.07. The molecule has 0 saturated heterocycles. The first-order valence-electron chi connectivity index (χ1n) is 2.21. The van der Waals surface area contributed by atoms with E-state index < -0.39 is 5.97 Å². The number of carboxylic acids is 1. The molecule has 0 rings (SSSR count). The number of rotatable bonds is 3. The van der Waals surface area contributed by atoms with Gasteiger partial charge in [-0.05, 0) is 6.42 Å². The third-order valence-corrected chi connectivity index (χ3v) is 1.13. The van der Waals surface area contributed by atoms with Gasteiger partial charge in [-0.15, -0.1) is 0 Å². The van der Waals surface area contributed by atoms with Crippen LogP contribution in [0.15, 0.2) is 0 Å². The van der Waals surface area contributed by atoms with Crippen molar-refractivity contribution < 1.29 is 71.9 Å². The van der Waals surface area contributed by atoms with E-state index in [0.29, 0.717) is 6.42 Å². The second-order valence-electron chi connectivity index (χ2n) is 1.41. The monoisotopic (exact) mass is 200 g/mol. The molecule has 0 aromatic rings. The van der Waals surface area contributed by atoms with Crippen LogP contribution in [0.25, 0.3) is 0 Å². The molecule has 1 N–H and O–H groups in total. The van der Waals surface area contributed by atoms with Gasteiger partial charge in [0.2, 0.25) is 0 Å². The fraction of sp³-hybridized carbons (Fsp3) is 0.750. The molecule has 0 bridgehead atoms. The minimum Gasteiger partial charge on any atom is -1.00 e. The van der Waals surface area contributed by atoms with Crippen LogP contribution < -0.4 is 59.1 Å². The van der Waals surface area contributed by atoms with Gasteiger partial charge in [-0.3, -0.25) is 4.79 Å². The Kier molecular flexibility index (Phi) is 20.2. The Morgan fingerprint density at radius 2 is 1.90 bits per heavy atom. The van der Waals surface area contributed by atoms with Gasteiger partial charge in [-0.25, -0.2) is 0 Å². The van der Waals surface area contributed by atoms with Crippen molar-refractivity contribution in [1.82, 2.24) is 0 Å². The molecule has 2 nitrogen and oxygen atoms in total. The molecule has 0 aliphatic heterocycles. The summed E-state index contributed by atoms with van der Waals surface area (Å²) in [5, 5.41) is 8.09. The molecule has 10 heavy (non-hydrogen) atoms. The molecule has 0 fully saturated rings. The zero-order valence-corrected chi connectivity index (χ0v) is 12.0. The maximum Gasteiger partial charge on any atom is 1.00 e. The van der Waals surface area contributed by atoms with Crippen molar-refractivity contribution in [1.29, 1.82) is 0 Å². The Morgan fingerprint density at radius 3 is 2.00 bits per heavy atom. The summed E-state index contributed by atoms with van der Waals surface area (Å²) in [7, 11) is 0. The van der Waals surface area contributed by atoms with Gasteiger partial charge in [0.1, 0.15) is 0 Å². The SMILES string of the molecule is O=C(O)CCC(S)S.[H-].[H-].[Na+].[Na+]. The first-order chi connectivity index (χ1) is 3.63. The van der Waals surface area contributed by atoms with Crippen molar-refractivity contribution >= 4 is 31.2 Å². The molecule has 0 aliphatic carbocycles. The van der Waals surface area contributed by atoms with E-state index in [1.165, 1.54) is 0 Å². The molecule has 0 aromatic carbocycles. The molecular weight excluding hydrogens is 190 g/mol. The molecule has 0 unspecified atom stereocenters. The van der Waals surface area contributed by atoms with Crippen molar-refractivity contribution in [3.8, 4) is 0 Å². The molecule has 0 spiro atoms. The van der Waals surface area contributed by atoms with Gasteiger partial charge < -0.3 is 7.96 Å². The summed E-state index contributed by atoms with van der Waals surface area (Å²) >= 11 is 7.75. The molecule has 0 aliphatic rings. The summed E-state index contributed by atoms with van der Waals surface area (Å²) in [6.45, 7) is 0. The van der Waals surface area contributed by atoms with Gasteiger partial charge in [-0.1, -0.05) is 0 Å². The van der Waals surface area contributed by atoms with Crippen LogP contribution in [0.5, 0.6) is 0 Å². The molecule has 0 amide bonds. The topological polar surface area (TPSA) is 37.3 Å². The molecule has 6 heteroatoms. The van der Waals surface area contributed by atoms with Crippen LogP contribution in [0.1, 0.15) is 15.7 Å². The summed E-state index contributed by atoms with van der Waals surface area (Å²) in [5.74, 6) is -0.793. The average Bonchev–Trinajstić information content (AvgIpc) is 1.61. The molecule has 52 valence electrons. The van der Waals surface area contributed by atoms with E-state index >= 15 is 0 Å². The zero-order chi connectivity index (χ0) is 6.57. The van der Waals surface area contributed by atoms with E-state index in [-0.39, 0.29) is 73.0 Å². The van der Waals surface area contributed by atoms with Crippen molar-refractivity contribution in [3.05, 3.63) is 0 Å². The maximum atomic E-state index is 9.84. The standard InChI is InChI=1S/C4H8O2S2.2Na.2H/c5-3(6)1-2-4(7)8;;;;/h4,7-8H,1-2H2,(H,5,6);;;;/q;2*+1;2*-1. The molecular formula is C4H10Na2O2S2. The summed E-state index contributed by atoms with van der Waals surface area (Å²) in [4.78, 5) is 9.84. The van der Waals surface area contributed by atoms with Crippen molar-refractivity contribution in [2.45, 2.75) is 17.4 Å². The quantitative estimate of drug-likeness (QED) is 0.243. The Hall–Kier alpha value is 2.17. The Balaban J connectivity index is -0.0000000408. The third-order valence-electron chi connectivity index (χ3n) is 0.616. The summed E-state index contributed by atoms with van der Waals surface area (Å²) in [6, 6.07) is 0. The van der Waals surface area contributed by atoms with E-state index in [4.69, 9.17) is 5.11 Å². The van der Waals surface area contributed by atoms with E-state index in [1.807, 2.05) is 0 Å². The summed E-state index contributed by atoms with van der Waals surface area (Å²) < 4.78 is -0.105. The summed E-state index contributed by atoms with van der Waals surface area (Å²) in [6.07, 6.45) is 0.666. The molecule has 0 heterocycles. The van der Waals surface area contributed by atoms with Gasteiger partial charge in [0, 0.05) is 11.0 Å². The predicted molar refractivity (Wildman–Crippen MR) is 40.9 cm³/mol. The van der Waals surface area contributed by atoms with E-state index in [9.17, 15) is 4.79 Å². The fourth-order valence-electron chi connectivity index (χ4n) is 0.253. The molecule has 0 radical (unpaired) electrons. The third kappa shape index (κ3) is 16.6. The van der Waals surface area contributed by atoms with Crippen molar-refractivity contribution in [3.63, 3.8) is 0 Å². The second kappa shape index (κ2) is 11.2. The first kappa shape index (κ1) is 18.1. The fourth-order valence-corrected chi connectivity index (χ4v) is 0.511. The Labute approximate surface area is 119 Å². The van der Waals surface area contributed by atoms with Crippen LogP contribution in [-0.4, -0.2) is 15.7 Å². The van der Waals surface area contributed by atoms with Crippen molar-refractivity contribution in [2.24, 2.45) is 0 Å². The minimum absolute atomic E-state index is 0. The van der Waals surface area contributed by atoms with Gasteiger partial charge in [-0.2, -0.15) is 25.3 Å². The van der Waals surface area contributed by atoms with Crippen LogP contribution in [-0.2, 0) is 4.79 Å². The normalized spacial score (nSPS) is 7.90. The first-order valence-corrected chi connectivity index (χ1v) is 3.24. The Morgan fingerprint density at radius 1 is 1.50 bits per heavy atom. The number of aliphatic carboxylic acids is 1. The maximum absolute atomic E-state index is 9.84. The average molecular weight is 200 g/mol. The number of carbonyl (C=O) groups is 1. The predicted octanol–water partition coefficient (Wildman–Crippen LogP) is -4.73. The smallest absolute Gasteiger partial charge is 1.00 e. The van der Waals surface area contributed by atoms with Crippen LogP contribution in [0.2, 0.25) is 0 Å².